The second-order valence-electron chi connectivity index (χ2n) is 4.22. The van der Waals surface area contributed by atoms with Crippen LogP contribution >= 0.6 is 0 Å². The predicted octanol–water partition coefficient (Wildman–Crippen LogP) is 1.06. The van der Waals surface area contributed by atoms with Gasteiger partial charge in [-0.1, -0.05) is 6.07 Å². The normalized spacial score (nSPS) is 23.2. The number of benzene rings is 1. The fourth-order valence-corrected chi connectivity index (χ4v) is 1.94. The summed E-state index contributed by atoms with van der Waals surface area (Å²) in [5.74, 6) is 0.411. The second-order valence-corrected chi connectivity index (χ2v) is 4.22. The van der Waals surface area contributed by atoms with Gasteiger partial charge in [-0.05, 0) is 37.1 Å². The Morgan fingerprint density at radius 3 is 2.47 bits per heavy atom. The molecule has 0 spiro atoms. The van der Waals surface area contributed by atoms with Crippen LogP contribution in [0, 0.1) is 6.92 Å². The van der Waals surface area contributed by atoms with E-state index in [0.717, 1.165) is 16.9 Å². The Hall–Kier alpha value is -2.04. The van der Waals surface area contributed by atoms with Crippen molar-refractivity contribution in [2.75, 3.05) is 7.11 Å². The van der Waals surface area contributed by atoms with Gasteiger partial charge in [0.05, 0.1) is 7.11 Å². The summed E-state index contributed by atoms with van der Waals surface area (Å²) >= 11 is 0. The van der Waals surface area contributed by atoms with Crippen LogP contribution in [0.15, 0.2) is 18.2 Å². The zero-order valence-electron chi connectivity index (χ0n) is 9.96. The highest BCUT2D eigenvalue weighted by atomic mass is 16.5. The molecule has 0 saturated carbocycles. The Labute approximate surface area is 99.2 Å². The third kappa shape index (κ3) is 1.73. The van der Waals surface area contributed by atoms with Crippen molar-refractivity contribution in [3.8, 4) is 5.75 Å². The lowest BCUT2D eigenvalue weighted by Crippen LogP contribution is -2.40. The summed E-state index contributed by atoms with van der Waals surface area (Å²) in [5, 5.41) is 4.85. The summed E-state index contributed by atoms with van der Waals surface area (Å²) in [6.45, 7) is 3.56. The summed E-state index contributed by atoms with van der Waals surface area (Å²) in [6.07, 6.45) is 0. The standard InChI is InChI=1S/C12H14N2O3/c1-7-6-8(4-5-9(7)17-3)12(2)10(15)13-11(16)14-12/h4-6H,1-3H3,(H2,13,14,15,16)/t12-/m0/s1. The van der Waals surface area contributed by atoms with Gasteiger partial charge in [-0.15, -0.1) is 0 Å². The molecule has 1 saturated heterocycles. The quantitative estimate of drug-likeness (QED) is 0.752. The zero-order valence-corrected chi connectivity index (χ0v) is 9.96. The Balaban J connectivity index is 2.44. The Bertz CT molecular complexity index is 499. The molecule has 5 heteroatoms. The number of urea groups is 1. The molecular formula is C12H14N2O3. The molecule has 17 heavy (non-hydrogen) atoms. The molecule has 1 aromatic rings. The molecule has 1 aliphatic heterocycles. The molecule has 1 aromatic carbocycles. The van der Waals surface area contributed by atoms with Gasteiger partial charge < -0.3 is 10.1 Å². The van der Waals surface area contributed by atoms with Crippen LogP contribution in [0.2, 0.25) is 0 Å². The second kappa shape index (κ2) is 3.76. The number of aryl methyl sites for hydroxylation is 1. The van der Waals surface area contributed by atoms with Gasteiger partial charge in [-0.2, -0.15) is 0 Å². The van der Waals surface area contributed by atoms with E-state index in [-0.39, 0.29) is 5.91 Å². The maximum absolute atomic E-state index is 11.7. The van der Waals surface area contributed by atoms with Gasteiger partial charge in [-0.25, -0.2) is 4.79 Å². The molecule has 1 fully saturated rings. The summed E-state index contributed by atoms with van der Waals surface area (Å²) in [4.78, 5) is 22.9. The number of ether oxygens (including phenoxy) is 1. The molecular weight excluding hydrogens is 220 g/mol. The Morgan fingerprint density at radius 1 is 1.29 bits per heavy atom. The van der Waals surface area contributed by atoms with E-state index >= 15 is 0 Å². The van der Waals surface area contributed by atoms with Crippen LogP contribution in [0.1, 0.15) is 18.1 Å². The van der Waals surface area contributed by atoms with E-state index < -0.39 is 11.6 Å². The summed E-state index contributed by atoms with van der Waals surface area (Å²) < 4.78 is 5.16. The first-order valence-corrected chi connectivity index (χ1v) is 5.26. The predicted molar refractivity (Wildman–Crippen MR) is 61.8 cm³/mol. The van der Waals surface area contributed by atoms with Crippen LogP contribution in [-0.4, -0.2) is 19.0 Å². The van der Waals surface area contributed by atoms with Gasteiger partial charge in [0, 0.05) is 0 Å². The van der Waals surface area contributed by atoms with Crippen molar-refractivity contribution in [2.24, 2.45) is 0 Å². The number of amides is 3. The van der Waals surface area contributed by atoms with Crippen LogP contribution in [0.5, 0.6) is 5.75 Å². The molecule has 5 nitrogen and oxygen atoms in total. The first-order valence-electron chi connectivity index (χ1n) is 5.26. The van der Waals surface area contributed by atoms with E-state index in [1.165, 1.54) is 0 Å². The van der Waals surface area contributed by atoms with E-state index in [1.54, 1.807) is 26.2 Å². The van der Waals surface area contributed by atoms with Crippen LogP contribution < -0.4 is 15.4 Å². The SMILES string of the molecule is COc1ccc([C@]2(C)NC(=O)NC2=O)cc1C. The Morgan fingerprint density at radius 2 is 2.00 bits per heavy atom. The molecule has 1 aliphatic rings. The number of hydrogen-bond donors (Lipinski definition) is 2. The third-order valence-electron chi connectivity index (χ3n) is 3.02. The lowest BCUT2D eigenvalue weighted by Gasteiger charge is -2.22. The number of nitrogens with one attached hydrogen (secondary N) is 2. The Kier molecular flexibility index (Phi) is 2.53. The van der Waals surface area contributed by atoms with E-state index in [1.807, 2.05) is 13.0 Å². The highest BCUT2D eigenvalue weighted by Gasteiger charge is 2.43. The number of imide groups is 1. The topological polar surface area (TPSA) is 67.4 Å². The van der Waals surface area contributed by atoms with Crippen molar-refractivity contribution in [1.82, 2.24) is 10.6 Å². The number of methoxy groups -OCH3 is 1. The van der Waals surface area contributed by atoms with Crippen molar-refractivity contribution in [3.63, 3.8) is 0 Å². The molecule has 2 rings (SSSR count). The van der Waals surface area contributed by atoms with Gasteiger partial charge in [0.15, 0.2) is 0 Å². The van der Waals surface area contributed by atoms with Gasteiger partial charge in [-0.3, -0.25) is 10.1 Å². The van der Waals surface area contributed by atoms with E-state index in [0.29, 0.717) is 0 Å². The van der Waals surface area contributed by atoms with Gasteiger partial charge in [0.25, 0.3) is 5.91 Å². The number of carbonyl (C=O) groups is 2. The van der Waals surface area contributed by atoms with Gasteiger partial charge in [0.2, 0.25) is 0 Å². The molecule has 90 valence electrons. The van der Waals surface area contributed by atoms with Gasteiger partial charge in [0.1, 0.15) is 11.3 Å². The third-order valence-corrected chi connectivity index (χ3v) is 3.02. The average molecular weight is 234 g/mol. The average Bonchev–Trinajstić information content (AvgIpc) is 2.53. The van der Waals surface area contributed by atoms with Gasteiger partial charge >= 0.3 is 6.03 Å². The fourth-order valence-electron chi connectivity index (χ4n) is 1.94. The van der Waals surface area contributed by atoms with Crippen molar-refractivity contribution >= 4 is 11.9 Å². The van der Waals surface area contributed by atoms with Crippen molar-refractivity contribution in [2.45, 2.75) is 19.4 Å². The monoisotopic (exact) mass is 234 g/mol. The summed E-state index contributed by atoms with van der Waals surface area (Å²) in [5.41, 5.74) is 0.646. The highest BCUT2D eigenvalue weighted by Crippen LogP contribution is 2.28. The van der Waals surface area contributed by atoms with Crippen LogP contribution in [0.4, 0.5) is 4.79 Å². The minimum absolute atomic E-state index is 0.341. The van der Waals surface area contributed by atoms with Crippen LogP contribution in [0.25, 0.3) is 0 Å². The highest BCUT2D eigenvalue weighted by molar-refractivity contribution is 6.07. The maximum atomic E-state index is 11.7. The minimum atomic E-state index is -1.01. The van der Waals surface area contributed by atoms with Crippen LogP contribution in [0.3, 0.4) is 0 Å². The first-order chi connectivity index (χ1) is 7.97. The molecule has 1 atom stereocenters. The lowest BCUT2D eigenvalue weighted by molar-refractivity contribution is -0.123. The van der Waals surface area contributed by atoms with E-state index in [2.05, 4.69) is 10.6 Å². The van der Waals surface area contributed by atoms with Crippen molar-refractivity contribution in [3.05, 3.63) is 29.3 Å². The van der Waals surface area contributed by atoms with E-state index in [9.17, 15) is 9.59 Å². The molecule has 0 bridgehead atoms. The summed E-state index contributed by atoms with van der Waals surface area (Å²) in [7, 11) is 1.59. The molecule has 0 aliphatic carbocycles. The number of carbonyl (C=O) groups excluding carboxylic acids is 2. The number of rotatable bonds is 2. The molecule has 0 radical (unpaired) electrons. The maximum Gasteiger partial charge on any atom is 0.322 e. The van der Waals surface area contributed by atoms with Crippen LogP contribution in [-0.2, 0) is 10.3 Å². The molecule has 0 unspecified atom stereocenters. The first kappa shape index (κ1) is 11.4. The molecule has 3 amide bonds. The fraction of sp³-hybridized carbons (Fsp3) is 0.333. The largest absolute Gasteiger partial charge is 0.496 e. The van der Waals surface area contributed by atoms with E-state index in [4.69, 9.17) is 4.74 Å². The van der Waals surface area contributed by atoms with Crippen molar-refractivity contribution < 1.29 is 14.3 Å². The van der Waals surface area contributed by atoms with Crippen molar-refractivity contribution in [1.29, 1.82) is 0 Å². The zero-order chi connectivity index (χ0) is 12.6. The minimum Gasteiger partial charge on any atom is -0.496 e. The molecule has 2 N–H and O–H groups in total. The molecule has 0 aromatic heterocycles. The smallest absolute Gasteiger partial charge is 0.322 e. The molecule has 1 heterocycles. The lowest BCUT2D eigenvalue weighted by atomic mass is 9.91. The number of hydrogen-bond acceptors (Lipinski definition) is 3. The summed E-state index contributed by atoms with van der Waals surface area (Å²) in [6, 6.07) is 4.93.